The lowest BCUT2D eigenvalue weighted by Crippen LogP contribution is -2.37. The van der Waals surface area contributed by atoms with Gasteiger partial charge in [0.2, 0.25) is 0 Å². The fourth-order valence-corrected chi connectivity index (χ4v) is 2.95. The van der Waals surface area contributed by atoms with Crippen LogP contribution in [0.15, 0.2) is 53.8 Å². The number of nitrogens with zero attached hydrogens (tertiary/aromatic N) is 6. The zero-order chi connectivity index (χ0) is 18.6. The van der Waals surface area contributed by atoms with E-state index < -0.39 is 0 Å². The lowest BCUT2D eigenvalue weighted by molar-refractivity contribution is 0.764. The van der Waals surface area contributed by atoms with Gasteiger partial charge in [-0.2, -0.15) is 0 Å². The third kappa shape index (κ3) is 3.59. The number of aliphatic imine (C=N–C) groups is 1. The summed E-state index contributed by atoms with van der Waals surface area (Å²) < 4.78 is 4.04. The van der Waals surface area contributed by atoms with Gasteiger partial charge in [0.1, 0.15) is 5.65 Å². The summed E-state index contributed by atoms with van der Waals surface area (Å²) in [7, 11) is 0. The molecule has 4 aromatic rings. The highest BCUT2D eigenvalue weighted by Gasteiger charge is 2.07. The molecular weight excluding hydrogens is 340 g/mol. The molecule has 0 saturated heterocycles. The Morgan fingerprint density at radius 2 is 1.93 bits per heavy atom. The number of imidazole rings is 1. The van der Waals surface area contributed by atoms with Gasteiger partial charge < -0.3 is 15.0 Å². The van der Waals surface area contributed by atoms with E-state index in [2.05, 4.69) is 48.2 Å². The Bertz CT molecular complexity index is 1090. The Morgan fingerprint density at radius 1 is 1.04 bits per heavy atom. The monoisotopic (exact) mass is 362 g/mol. The van der Waals surface area contributed by atoms with Gasteiger partial charge in [0.05, 0.1) is 18.8 Å². The summed E-state index contributed by atoms with van der Waals surface area (Å²) in [6.45, 7) is 5.91. The Balaban J connectivity index is 1.48. The smallest absolute Gasteiger partial charge is 0.192 e. The third-order valence-electron chi connectivity index (χ3n) is 4.29. The van der Waals surface area contributed by atoms with E-state index in [0.29, 0.717) is 13.1 Å². The van der Waals surface area contributed by atoms with Gasteiger partial charge in [-0.15, -0.1) is 10.2 Å². The second kappa shape index (κ2) is 7.45. The number of pyridine rings is 2. The molecule has 0 aromatic carbocycles. The molecule has 27 heavy (non-hydrogen) atoms. The van der Waals surface area contributed by atoms with E-state index >= 15 is 0 Å². The average Bonchev–Trinajstić information content (AvgIpc) is 3.29. The maximum atomic E-state index is 4.65. The van der Waals surface area contributed by atoms with Gasteiger partial charge in [-0.05, 0) is 38.1 Å². The maximum absolute atomic E-state index is 4.65. The van der Waals surface area contributed by atoms with Crippen LogP contribution in [0.25, 0.3) is 11.3 Å². The van der Waals surface area contributed by atoms with Crippen molar-refractivity contribution in [3.05, 3.63) is 66.0 Å². The Morgan fingerprint density at radius 3 is 2.78 bits per heavy atom. The van der Waals surface area contributed by atoms with Crippen molar-refractivity contribution in [2.45, 2.75) is 26.9 Å². The van der Waals surface area contributed by atoms with E-state index in [4.69, 9.17) is 0 Å². The molecule has 0 aliphatic rings. The van der Waals surface area contributed by atoms with Crippen molar-refractivity contribution in [2.75, 3.05) is 6.54 Å². The zero-order valence-electron chi connectivity index (χ0n) is 15.4. The fraction of sp³-hybridized carbons (Fsp3) is 0.263. The van der Waals surface area contributed by atoms with Crippen molar-refractivity contribution in [3.8, 4) is 0 Å². The molecule has 0 atom stereocenters. The van der Waals surface area contributed by atoms with Gasteiger partial charge in [-0.3, -0.25) is 4.40 Å². The number of nitrogens with one attached hydrogen (secondary N) is 2. The topological polar surface area (TPSA) is 83.9 Å². The molecule has 8 heteroatoms. The van der Waals surface area contributed by atoms with Gasteiger partial charge in [0.15, 0.2) is 17.4 Å². The molecule has 0 bridgehead atoms. The minimum absolute atomic E-state index is 0.497. The summed E-state index contributed by atoms with van der Waals surface area (Å²) in [5.41, 5.74) is 3.85. The van der Waals surface area contributed by atoms with E-state index in [-0.39, 0.29) is 0 Å². The summed E-state index contributed by atoms with van der Waals surface area (Å²) in [5.74, 6) is 1.55. The Labute approximate surface area is 157 Å². The summed E-state index contributed by atoms with van der Waals surface area (Å²) in [5, 5.41) is 15.0. The summed E-state index contributed by atoms with van der Waals surface area (Å²) in [6.07, 6.45) is 3.99. The highest BCUT2D eigenvalue weighted by Crippen LogP contribution is 2.09. The largest absolute Gasteiger partial charge is 0.357 e. The van der Waals surface area contributed by atoms with Gasteiger partial charge in [-0.25, -0.2) is 9.98 Å². The number of guanidine groups is 1. The number of hydrogen-bond donors (Lipinski definition) is 2. The van der Waals surface area contributed by atoms with Gasteiger partial charge >= 0.3 is 0 Å². The first-order valence-corrected chi connectivity index (χ1v) is 8.99. The van der Waals surface area contributed by atoms with Gasteiger partial charge in [0, 0.05) is 24.6 Å². The van der Waals surface area contributed by atoms with Crippen molar-refractivity contribution in [2.24, 2.45) is 4.99 Å². The molecule has 138 valence electrons. The highest BCUT2D eigenvalue weighted by atomic mass is 15.3. The predicted octanol–water partition coefficient (Wildman–Crippen LogP) is 1.94. The minimum atomic E-state index is 0.497. The highest BCUT2D eigenvalue weighted by molar-refractivity contribution is 5.79. The number of aryl methyl sites for hydroxylation is 1. The Hall–Kier alpha value is -3.42. The van der Waals surface area contributed by atoms with Crippen LogP contribution in [-0.4, -0.2) is 36.5 Å². The summed E-state index contributed by atoms with van der Waals surface area (Å²) in [6, 6.07) is 11.9. The standard InChI is InChI=1S/C19H22N8/c1-3-20-19(22-12-18-25-24-17-8-4-5-10-26(17)18)21-11-15-13-27-14(2)7-6-9-16(27)23-15/h4-10,13H,3,11-12H2,1-2H3,(H2,20,21,22). The molecule has 4 heterocycles. The first-order valence-electron chi connectivity index (χ1n) is 8.99. The molecule has 0 spiro atoms. The van der Waals surface area contributed by atoms with Crippen molar-refractivity contribution in [1.29, 1.82) is 0 Å². The molecule has 0 saturated carbocycles. The molecule has 4 rings (SSSR count). The number of fused-ring (bicyclic) bond motifs is 2. The van der Waals surface area contributed by atoms with Gasteiger partial charge in [0.25, 0.3) is 0 Å². The first kappa shape index (κ1) is 17.0. The predicted molar refractivity (Wildman–Crippen MR) is 105 cm³/mol. The van der Waals surface area contributed by atoms with E-state index in [0.717, 1.165) is 41.0 Å². The molecule has 0 unspecified atom stereocenters. The average molecular weight is 362 g/mol. The van der Waals surface area contributed by atoms with Crippen LogP contribution in [0, 0.1) is 6.92 Å². The van der Waals surface area contributed by atoms with Crippen molar-refractivity contribution >= 4 is 17.3 Å². The molecule has 0 radical (unpaired) electrons. The molecule has 0 amide bonds. The van der Waals surface area contributed by atoms with E-state index in [1.54, 1.807) is 0 Å². The fourth-order valence-electron chi connectivity index (χ4n) is 2.95. The quantitative estimate of drug-likeness (QED) is 0.419. The van der Waals surface area contributed by atoms with Crippen molar-refractivity contribution in [1.82, 2.24) is 34.6 Å². The molecule has 0 aliphatic heterocycles. The van der Waals surface area contributed by atoms with Crippen LogP contribution in [0.3, 0.4) is 0 Å². The van der Waals surface area contributed by atoms with E-state index in [1.165, 1.54) is 0 Å². The first-order chi connectivity index (χ1) is 13.2. The van der Waals surface area contributed by atoms with Crippen molar-refractivity contribution in [3.63, 3.8) is 0 Å². The Kier molecular flexibility index (Phi) is 4.69. The second-order valence-corrected chi connectivity index (χ2v) is 6.22. The molecular formula is C19H22N8. The van der Waals surface area contributed by atoms with E-state index in [1.807, 2.05) is 54.0 Å². The van der Waals surface area contributed by atoms with Crippen LogP contribution < -0.4 is 10.6 Å². The van der Waals surface area contributed by atoms with Crippen LogP contribution in [-0.2, 0) is 13.1 Å². The van der Waals surface area contributed by atoms with Crippen LogP contribution >= 0.6 is 0 Å². The zero-order valence-corrected chi connectivity index (χ0v) is 15.4. The number of hydrogen-bond acceptors (Lipinski definition) is 4. The van der Waals surface area contributed by atoms with E-state index in [9.17, 15) is 0 Å². The summed E-state index contributed by atoms with van der Waals surface area (Å²) in [4.78, 5) is 9.28. The third-order valence-corrected chi connectivity index (χ3v) is 4.29. The van der Waals surface area contributed by atoms with Crippen LogP contribution in [0.5, 0.6) is 0 Å². The lowest BCUT2D eigenvalue weighted by Gasteiger charge is -2.10. The molecule has 0 fully saturated rings. The second-order valence-electron chi connectivity index (χ2n) is 6.22. The van der Waals surface area contributed by atoms with Crippen molar-refractivity contribution < 1.29 is 0 Å². The maximum Gasteiger partial charge on any atom is 0.192 e. The number of rotatable bonds is 5. The molecule has 4 aromatic heterocycles. The molecule has 0 aliphatic carbocycles. The minimum Gasteiger partial charge on any atom is -0.357 e. The van der Waals surface area contributed by atoms with Crippen LogP contribution in [0.1, 0.15) is 24.1 Å². The van der Waals surface area contributed by atoms with Gasteiger partial charge in [-0.1, -0.05) is 12.1 Å². The normalized spacial score (nSPS) is 12.0. The van der Waals surface area contributed by atoms with Crippen LogP contribution in [0.4, 0.5) is 0 Å². The number of aromatic nitrogens is 5. The molecule has 8 nitrogen and oxygen atoms in total. The lowest BCUT2D eigenvalue weighted by atomic mass is 10.4. The SMILES string of the molecule is CCNC(=NCc1cn2c(C)cccc2n1)NCc1nnc2ccccn12. The summed E-state index contributed by atoms with van der Waals surface area (Å²) >= 11 is 0. The van der Waals surface area contributed by atoms with Crippen LogP contribution in [0.2, 0.25) is 0 Å². The molecule has 2 N–H and O–H groups in total.